The zero-order chi connectivity index (χ0) is 21.1. The van der Waals surface area contributed by atoms with Crippen LogP contribution in [0.2, 0.25) is 0 Å². The first-order valence-corrected chi connectivity index (χ1v) is 8.90. The molecule has 2 heterocycles. The van der Waals surface area contributed by atoms with Gasteiger partial charge in [-0.3, -0.25) is 4.79 Å². The first-order valence-electron chi connectivity index (χ1n) is 7.94. The molecule has 0 aliphatic carbocycles. The summed E-state index contributed by atoms with van der Waals surface area (Å²) in [5.74, 6) is 0. The standard InChI is InChI=1S/C9H14N2O.C9H12N2O.Mn.2O/c2*1-4-9(2,3)8-7(5-12)10-6-11-8;;;/h4,6,12H,1,5H2,2-3H3,(H,10,11);4-6H,1H2,2-3H3,(H,10,11);;;. The number of carbonyl (C=O) groups is 1. The van der Waals surface area contributed by atoms with Crippen LogP contribution in [0.1, 0.15) is 55.3 Å². The Bertz CT molecular complexity index is 787. The van der Waals surface area contributed by atoms with Crippen molar-refractivity contribution in [1.29, 1.82) is 0 Å². The van der Waals surface area contributed by atoms with E-state index >= 15 is 0 Å². The number of allylic oxidation sites excluding steroid dienone is 2. The van der Waals surface area contributed by atoms with Gasteiger partial charge in [0.2, 0.25) is 0 Å². The number of carbonyl (C=O) groups excluding carboxylic acids is 1. The second-order valence-corrected chi connectivity index (χ2v) is 6.78. The summed E-state index contributed by atoms with van der Waals surface area (Å²) in [5, 5.41) is 8.96. The summed E-state index contributed by atoms with van der Waals surface area (Å²) < 4.78 is 16.8. The SMILES string of the molecule is C=CC(C)(C)c1[nH]cnc1C=O.C=CC(C)(C)c1nc[nH]c1CO.[O]=[Mn]=[O]. The Balaban J connectivity index is 0.000000438. The molecule has 0 atom stereocenters. The van der Waals surface area contributed by atoms with Gasteiger partial charge in [-0.25, -0.2) is 9.97 Å². The van der Waals surface area contributed by atoms with E-state index < -0.39 is 14.8 Å². The van der Waals surface area contributed by atoms with Crippen LogP contribution in [-0.2, 0) is 39.9 Å². The molecular formula is C18H26MnN4O4. The molecule has 0 bridgehead atoms. The Morgan fingerprint density at radius 1 is 1.07 bits per heavy atom. The Morgan fingerprint density at radius 2 is 1.59 bits per heavy atom. The third kappa shape index (κ3) is 7.05. The van der Waals surface area contributed by atoms with Gasteiger partial charge < -0.3 is 15.1 Å². The van der Waals surface area contributed by atoms with Crippen molar-refractivity contribution in [2.45, 2.75) is 45.1 Å². The second-order valence-electron chi connectivity index (χ2n) is 6.58. The summed E-state index contributed by atoms with van der Waals surface area (Å²) >= 11 is -1.44. The number of aliphatic hydroxyl groups excluding tert-OH is 1. The third-order valence-corrected chi connectivity index (χ3v) is 3.93. The van der Waals surface area contributed by atoms with Gasteiger partial charge in [-0.1, -0.05) is 39.8 Å². The average molecular weight is 417 g/mol. The fraction of sp³-hybridized carbons (Fsp3) is 0.389. The number of nitrogens with zero attached hydrogens (tertiary/aromatic N) is 2. The van der Waals surface area contributed by atoms with E-state index in [1.54, 1.807) is 12.4 Å². The Morgan fingerprint density at radius 3 is 2.04 bits per heavy atom. The van der Waals surface area contributed by atoms with E-state index in [-0.39, 0.29) is 17.4 Å². The van der Waals surface area contributed by atoms with Gasteiger partial charge in [-0.15, -0.1) is 13.2 Å². The number of hydrogen-bond donors (Lipinski definition) is 3. The molecule has 0 fully saturated rings. The quantitative estimate of drug-likeness (QED) is 0.377. The van der Waals surface area contributed by atoms with Crippen LogP contribution in [0.3, 0.4) is 0 Å². The van der Waals surface area contributed by atoms with Gasteiger partial charge in [0, 0.05) is 10.8 Å². The number of aromatic amines is 2. The molecule has 0 aliphatic heterocycles. The van der Waals surface area contributed by atoms with Crippen LogP contribution >= 0.6 is 0 Å². The van der Waals surface area contributed by atoms with Crippen molar-refractivity contribution < 1.29 is 32.4 Å². The minimum atomic E-state index is -1.44. The van der Waals surface area contributed by atoms with Crippen LogP contribution in [0.15, 0.2) is 38.0 Å². The van der Waals surface area contributed by atoms with Crippen molar-refractivity contribution in [3.05, 3.63) is 60.7 Å². The maximum absolute atomic E-state index is 10.5. The van der Waals surface area contributed by atoms with Crippen molar-refractivity contribution in [1.82, 2.24) is 19.9 Å². The van der Waals surface area contributed by atoms with Crippen LogP contribution in [0, 0.1) is 0 Å². The van der Waals surface area contributed by atoms with Gasteiger partial charge in [0.15, 0.2) is 6.29 Å². The van der Waals surface area contributed by atoms with E-state index in [1.807, 2.05) is 33.8 Å². The van der Waals surface area contributed by atoms with E-state index in [0.717, 1.165) is 23.4 Å². The number of H-pyrrole nitrogens is 2. The van der Waals surface area contributed by atoms with E-state index in [1.165, 1.54) is 6.33 Å². The van der Waals surface area contributed by atoms with Gasteiger partial charge >= 0.3 is 22.5 Å². The van der Waals surface area contributed by atoms with E-state index in [0.29, 0.717) is 5.69 Å². The predicted molar refractivity (Wildman–Crippen MR) is 96.3 cm³/mol. The van der Waals surface area contributed by atoms with Gasteiger partial charge in [0.25, 0.3) is 0 Å². The molecule has 2 rings (SSSR count). The van der Waals surface area contributed by atoms with Crippen molar-refractivity contribution in [3.63, 3.8) is 0 Å². The minimum absolute atomic E-state index is 0.00734. The fourth-order valence-corrected chi connectivity index (χ4v) is 2.11. The van der Waals surface area contributed by atoms with Crippen LogP contribution in [0.4, 0.5) is 0 Å². The molecule has 0 saturated carbocycles. The van der Waals surface area contributed by atoms with Gasteiger partial charge in [0.1, 0.15) is 5.69 Å². The summed E-state index contributed by atoms with van der Waals surface area (Å²) in [6, 6.07) is 0. The Hall–Kier alpha value is -2.35. The predicted octanol–water partition coefficient (Wildman–Crippen LogP) is 2.81. The van der Waals surface area contributed by atoms with Crippen LogP contribution in [0.25, 0.3) is 0 Å². The topological polar surface area (TPSA) is 129 Å². The number of aromatic nitrogens is 4. The first-order chi connectivity index (χ1) is 12.6. The summed E-state index contributed by atoms with van der Waals surface area (Å²) in [6.07, 6.45) is 7.46. The number of aldehydes is 1. The van der Waals surface area contributed by atoms with Gasteiger partial charge in [-0.05, 0) is 0 Å². The van der Waals surface area contributed by atoms with Crippen molar-refractivity contribution >= 4 is 6.29 Å². The molecular weight excluding hydrogens is 391 g/mol. The number of imidazole rings is 2. The molecule has 27 heavy (non-hydrogen) atoms. The molecule has 0 unspecified atom stereocenters. The van der Waals surface area contributed by atoms with E-state index in [4.69, 9.17) is 12.8 Å². The van der Waals surface area contributed by atoms with Gasteiger partial charge in [-0.2, -0.15) is 0 Å². The van der Waals surface area contributed by atoms with Crippen LogP contribution in [0.5, 0.6) is 0 Å². The monoisotopic (exact) mass is 417 g/mol. The Labute approximate surface area is 164 Å². The number of aliphatic hydroxyl groups is 1. The molecule has 149 valence electrons. The third-order valence-electron chi connectivity index (χ3n) is 3.93. The zero-order valence-corrected chi connectivity index (χ0v) is 17.1. The summed E-state index contributed by atoms with van der Waals surface area (Å²) in [6.45, 7) is 15.4. The molecule has 8 nitrogen and oxygen atoms in total. The van der Waals surface area contributed by atoms with Gasteiger partial charge in [0.05, 0.1) is 36.3 Å². The first kappa shape index (κ1) is 24.6. The molecule has 0 saturated heterocycles. The van der Waals surface area contributed by atoms with Crippen molar-refractivity contribution in [2.24, 2.45) is 0 Å². The molecule has 2 aromatic heterocycles. The maximum atomic E-state index is 10.5. The second kappa shape index (κ2) is 11.4. The average Bonchev–Trinajstić information content (AvgIpc) is 3.32. The summed E-state index contributed by atoms with van der Waals surface area (Å²) in [4.78, 5) is 24.4. The molecule has 0 spiro atoms. The van der Waals surface area contributed by atoms with Crippen LogP contribution < -0.4 is 0 Å². The fourth-order valence-electron chi connectivity index (χ4n) is 2.11. The summed E-state index contributed by atoms with van der Waals surface area (Å²) in [5.41, 5.74) is 2.48. The molecule has 0 radical (unpaired) electrons. The number of rotatable bonds is 6. The molecule has 0 aromatic carbocycles. The number of hydrogen-bond acceptors (Lipinski definition) is 6. The molecule has 9 heteroatoms. The van der Waals surface area contributed by atoms with Crippen molar-refractivity contribution in [2.75, 3.05) is 0 Å². The van der Waals surface area contributed by atoms with E-state index in [9.17, 15) is 4.79 Å². The number of nitrogens with one attached hydrogen (secondary N) is 2. The normalized spacial score (nSPS) is 10.6. The molecule has 0 amide bonds. The van der Waals surface area contributed by atoms with Crippen molar-refractivity contribution in [3.8, 4) is 0 Å². The Kier molecular flexibility index (Phi) is 10.4. The summed E-state index contributed by atoms with van der Waals surface area (Å²) in [7, 11) is 0. The van der Waals surface area contributed by atoms with E-state index in [2.05, 4.69) is 33.1 Å². The zero-order valence-electron chi connectivity index (χ0n) is 16.0. The molecule has 0 aliphatic rings. The molecule has 3 N–H and O–H groups in total. The van der Waals surface area contributed by atoms with Crippen LogP contribution in [-0.4, -0.2) is 31.3 Å². The molecule has 2 aromatic rings.